The van der Waals surface area contributed by atoms with Crippen LogP contribution < -0.4 is 10.6 Å². The summed E-state index contributed by atoms with van der Waals surface area (Å²) in [6, 6.07) is 9.90. The molecule has 1 fully saturated rings. The monoisotopic (exact) mass is 334 g/mol. The van der Waals surface area contributed by atoms with E-state index in [1.807, 2.05) is 36.5 Å². The number of nitrogens with one attached hydrogen (secondary N) is 2. The van der Waals surface area contributed by atoms with Gasteiger partial charge in [0.25, 0.3) is 0 Å². The molecule has 0 radical (unpaired) electrons. The van der Waals surface area contributed by atoms with Gasteiger partial charge in [-0.05, 0) is 49.3 Å². The topological polar surface area (TPSA) is 41.9 Å². The van der Waals surface area contributed by atoms with E-state index in [4.69, 9.17) is 23.8 Å². The highest BCUT2D eigenvalue weighted by Crippen LogP contribution is 2.29. The van der Waals surface area contributed by atoms with Crippen LogP contribution in [0, 0.1) is 0 Å². The summed E-state index contributed by atoms with van der Waals surface area (Å²) >= 11 is 11.3. The third kappa shape index (κ3) is 3.78. The van der Waals surface area contributed by atoms with Gasteiger partial charge in [-0.3, -0.25) is 0 Å². The van der Waals surface area contributed by atoms with E-state index in [2.05, 4.69) is 20.4 Å². The zero-order chi connectivity index (χ0) is 15.4. The fraction of sp³-hybridized carbons (Fsp3) is 0.375. The van der Waals surface area contributed by atoms with Crippen molar-refractivity contribution in [1.82, 2.24) is 9.78 Å². The molecule has 0 unspecified atom stereocenters. The minimum Gasteiger partial charge on any atom is -0.332 e. The Morgan fingerprint density at radius 1 is 1.09 bits per heavy atom. The molecule has 1 aromatic heterocycles. The Labute approximate surface area is 140 Å². The SMILES string of the molecule is S=C(Nc1ccc(Cl)cc1)Nc1ccnn1C1CCCCC1. The van der Waals surface area contributed by atoms with Crippen LogP contribution >= 0.6 is 23.8 Å². The van der Waals surface area contributed by atoms with Crippen molar-refractivity contribution < 1.29 is 0 Å². The van der Waals surface area contributed by atoms with Crippen molar-refractivity contribution in [3.8, 4) is 0 Å². The van der Waals surface area contributed by atoms with Crippen molar-refractivity contribution in [3.63, 3.8) is 0 Å². The van der Waals surface area contributed by atoms with Gasteiger partial charge in [-0.1, -0.05) is 30.9 Å². The molecule has 0 amide bonds. The van der Waals surface area contributed by atoms with Crippen LogP contribution in [0.2, 0.25) is 5.02 Å². The summed E-state index contributed by atoms with van der Waals surface area (Å²) in [6.07, 6.45) is 8.08. The van der Waals surface area contributed by atoms with Gasteiger partial charge in [0, 0.05) is 16.8 Å². The number of rotatable bonds is 3. The summed E-state index contributed by atoms with van der Waals surface area (Å²) in [4.78, 5) is 0. The molecule has 0 spiro atoms. The molecule has 2 N–H and O–H groups in total. The first-order valence-corrected chi connectivity index (χ1v) is 8.38. The van der Waals surface area contributed by atoms with E-state index in [1.165, 1.54) is 32.1 Å². The van der Waals surface area contributed by atoms with Crippen molar-refractivity contribution in [1.29, 1.82) is 0 Å². The Bertz CT molecular complexity index is 632. The van der Waals surface area contributed by atoms with Crippen LogP contribution in [0.4, 0.5) is 11.5 Å². The summed E-state index contributed by atoms with van der Waals surface area (Å²) in [5.41, 5.74) is 0.908. The second-order valence-electron chi connectivity index (χ2n) is 5.54. The van der Waals surface area contributed by atoms with Gasteiger partial charge in [0.05, 0.1) is 12.2 Å². The van der Waals surface area contributed by atoms with Crippen LogP contribution in [-0.2, 0) is 0 Å². The number of hydrogen-bond acceptors (Lipinski definition) is 2. The maximum absolute atomic E-state index is 5.88. The summed E-state index contributed by atoms with van der Waals surface area (Å²) < 4.78 is 2.06. The van der Waals surface area contributed by atoms with Crippen molar-refractivity contribution in [3.05, 3.63) is 41.6 Å². The maximum atomic E-state index is 5.88. The number of thiocarbonyl (C=S) groups is 1. The van der Waals surface area contributed by atoms with Gasteiger partial charge in [-0.15, -0.1) is 0 Å². The average Bonchev–Trinajstić information content (AvgIpc) is 2.98. The van der Waals surface area contributed by atoms with Crippen molar-refractivity contribution >= 4 is 40.4 Å². The molecule has 0 aliphatic heterocycles. The Morgan fingerprint density at radius 3 is 2.55 bits per heavy atom. The lowest BCUT2D eigenvalue weighted by molar-refractivity contribution is 0.333. The zero-order valence-corrected chi connectivity index (χ0v) is 13.8. The van der Waals surface area contributed by atoms with Gasteiger partial charge >= 0.3 is 0 Å². The highest BCUT2D eigenvalue weighted by Gasteiger charge is 2.18. The van der Waals surface area contributed by atoms with E-state index in [9.17, 15) is 0 Å². The molecule has 6 heteroatoms. The van der Waals surface area contributed by atoms with Gasteiger partial charge in [-0.25, -0.2) is 4.68 Å². The highest BCUT2D eigenvalue weighted by atomic mass is 35.5. The number of aromatic nitrogens is 2. The first-order valence-electron chi connectivity index (χ1n) is 7.59. The predicted octanol–water partition coefficient (Wildman–Crippen LogP) is 4.85. The molecule has 22 heavy (non-hydrogen) atoms. The van der Waals surface area contributed by atoms with Gasteiger partial charge < -0.3 is 10.6 Å². The smallest absolute Gasteiger partial charge is 0.176 e. The van der Waals surface area contributed by atoms with Crippen molar-refractivity contribution in [2.75, 3.05) is 10.6 Å². The summed E-state index contributed by atoms with van der Waals surface area (Å²) in [5, 5.41) is 12.1. The Hall–Kier alpha value is -1.59. The molecule has 1 aliphatic rings. The molecule has 2 aromatic rings. The molecule has 4 nitrogen and oxygen atoms in total. The number of benzene rings is 1. The number of hydrogen-bond donors (Lipinski definition) is 2. The number of halogens is 1. The van der Waals surface area contributed by atoms with E-state index in [0.717, 1.165) is 11.5 Å². The quantitative estimate of drug-likeness (QED) is 0.787. The maximum Gasteiger partial charge on any atom is 0.176 e. The fourth-order valence-corrected chi connectivity index (χ4v) is 3.19. The minimum atomic E-state index is 0.476. The first-order chi connectivity index (χ1) is 10.7. The second kappa shape index (κ2) is 7.11. The normalized spacial score (nSPS) is 15.5. The largest absolute Gasteiger partial charge is 0.332 e. The van der Waals surface area contributed by atoms with Crippen LogP contribution in [0.1, 0.15) is 38.1 Å². The molecule has 1 aliphatic carbocycles. The Balaban J connectivity index is 1.64. The lowest BCUT2D eigenvalue weighted by Gasteiger charge is -2.24. The van der Waals surface area contributed by atoms with Crippen LogP contribution in [0.3, 0.4) is 0 Å². The number of nitrogens with zero attached hydrogens (tertiary/aromatic N) is 2. The fourth-order valence-electron chi connectivity index (χ4n) is 2.84. The van der Waals surface area contributed by atoms with Gasteiger partial charge in [0.1, 0.15) is 5.82 Å². The molecule has 0 atom stereocenters. The van der Waals surface area contributed by atoms with Gasteiger partial charge in [0.2, 0.25) is 0 Å². The van der Waals surface area contributed by atoms with E-state index >= 15 is 0 Å². The summed E-state index contributed by atoms with van der Waals surface area (Å²) in [5.74, 6) is 0.943. The Kier molecular flexibility index (Phi) is 4.95. The van der Waals surface area contributed by atoms with Gasteiger partial charge in [0.15, 0.2) is 5.11 Å². The van der Waals surface area contributed by atoms with Crippen LogP contribution in [0.25, 0.3) is 0 Å². The third-order valence-corrected chi connectivity index (χ3v) is 4.39. The third-order valence-electron chi connectivity index (χ3n) is 3.93. The molecule has 1 aromatic carbocycles. The molecule has 0 bridgehead atoms. The number of anilines is 2. The van der Waals surface area contributed by atoms with Gasteiger partial charge in [-0.2, -0.15) is 5.10 Å². The van der Waals surface area contributed by atoms with E-state index in [1.54, 1.807) is 0 Å². The summed E-state index contributed by atoms with van der Waals surface area (Å²) in [6.45, 7) is 0. The highest BCUT2D eigenvalue weighted by molar-refractivity contribution is 7.80. The summed E-state index contributed by atoms with van der Waals surface area (Å²) in [7, 11) is 0. The van der Waals surface area contributed by atoms with Crippen LogP contribution in [0.5, 0.6) is 0 Å². The van der Waals surface area contributed by atoms with E-state index in [-0.39, 0.29) is 0 Å². The molecule has 3 rings (SSSR count). The second-order valence-corrected chi connectivity index (χ2v) is 6.38. The van der Waals surface area contributed by atoms with Crippen molar-refractivity contribution in [2.24, 2.45) is 0 Å². The first kappa shape index (κ1) is 15.3. The lowest BCUT2D eigenvalue weighted by Crippen LogP contribution is -2.23. The standard InChI is InChI=1S/C16H19ClN4S/c17-12-6-8-13(9-7-12)19-16(22)20-15-10-11-18-21(15)14-4-2-1-3-5-14/h6-11,14H,1-5H2,(H2,19,20,22). The molecular weight excluding hydrogens is 316 g/mol. The van der Waals surface area contributed by atoms with Crippen LogP contribution in [0.15, 0.2) is 36.5 Å². The molecule has 1 saturated carbocycles. The molecule has 1 heterocycles. The predicted molar refractivity (Wildman–Crippen MR) is 95.6 cm³/mol. The van der Waals surface area contributed by atoms with Crippen LogP contribution in [-0.4, -0.2) is 14.9 Å². The minimum absolute atomic E-state index is 0.476. The molecular formula is C16H19ClN4S. The molecule has 0 saturated heterocycles. The lowest BCUT2D eigenvalue weighted by atomic mass is 9.96. The van der Waals surface area contributed by atoms with Crippen molar-refractivity contribution in [2.45, 2.75) is 38.1 Å². The molecule has 116 valence electrons. The Morgan fingerprint density at radius 2 is 1.82 bits per heavy atom. The zero-order valence-electron chi connectivity index (χ0n) is 12.3. The van der Waals surface area contributed by atoms with E-state index in [0.29, 0.717) is 16.2 Å². The van der Waals surface area contributed by atoms with E-state index < -0.39 is 0 Å². The average molecular weight is 335 g/mol.